The highest BCUT2D eigenvalue weighted by Gasteiger charge is 2.20. The summed E-state index contributed by atoms with van der Waals surface area (Å²) in [5, 5.41) is 9.08. The van der Waals surface area contributed by atoms with Crippen LogP contribution >= 0.6 is 0 Å². The molecule has 0 fully saturated rings. The zero-order valence-corrected chi connectivity index (χ0v) is 9.21. The molecule has 17 heavy (non-hydrogen) atoms. The maximum absolute atomic E-state index is 11.4. The van der Waals surface area contributed by atoms with Gasteiger partial charge in [0, 0.05) is 5.56 Å². The number of hydrogen-bond acceptors (Lipinski definition) is 5. The molecule has 0 aliphatic heterocycles. The van der Waals surface area contributed by atoms with Gasteiger partial charge in [0.25, 0.3) is 0 Å². The summed E-state index contributed by atoms with van der Waals surface area (Å²) >= 11 is 0. The smallest absolute Gasteiger partial charge is 0.360 e. The van der Waals surface area contributed by atoms with Gasteiger partial charge in [0.1, 0.15) is 6.61 Å². The van der Waals surface area contributed by atoms with Gasteiger partial charge >= 0.3 is 5.97 Å². The minimum Gasteiger partial charge on any atom is -0.464 e. The van der Waals surface area contributed by atoms with E-state index >= 15 is 0 Å². The van der Waals surface area contributed by atoms with Crippen molar-refractivity contribution in [2.45, 2.75) is 6.61 Å². The van der Waals surface area contributed by atoms with Crippen LogP contribution in [0, 0.1) is 0 Å². The van der Waals surface area contributed by atoms with E-state index in [1.165, 1.54) is 7.11 Å². The first kappa shape index (κ1) is 11.3. The molecule has 0 radical (unpaired) electrons. The van der Waals surface area contributed by atoms with E-state index in [2.05, 4.69) is 9.72 Å². The number of carbonyl (C=O) groups is 1. The second-order valence-corrected chi connectivity index (χ2v) is 3.31. The Bertz CT molecular complexity index is 519. The van der Waals surface area contributed by atoms with Crippen LogP contribution in [-0.2, 0) is 11.3 Å². The number of aromatic nitrogens is 1. The Balaban J connectivity index is 2.45. The number of hydrogen-bond donors (Lipinski definition) is 1. The van der Waals surface area contributed by atoms with E-state index in [0.717, 1.165) is 5.56 Å². The minimum absolute atomic E-state index is 0.00820. The number of oxazole rings is 1. The van der Waals surface area contributed by atoms with E-state index in [9.17, 15) is 4.79 Å². The second kappa shape index (κ2) is 4.80. The van der Waals surface area contributed by atoms with E-state index in [1.807, 2.05) is 18.2 Å². The Morgan fingerprint density at radius 2 is 2.12 bits per heavy atom. The van der Waals surface area contributed by atoms with Gasteiger partial charge in [-0.05, 0) is 12.1 Å². The van der Waals surface area contributed by atoms with E-state index in [-0.39, 0.29) is 17.3 Å². The number of ether oxygens (including phenoxy) is 1. The Kier molecular flexibility index (Phi) is 3.20. The second-order valence-electron chi connectivity index (χ2n) is 3.31. The first-order chi connectivity index (χ1) is 8.26. The number of aliphatic hydroxyl groups is 1. The summed E-state index contributed by atoms with van der Waals surface area (Å²) in [4.78, 5) is 15.4. The molecule has 5 nitrogen and oxygen atoms in total. The molecule has 0 aliphatic rings. The molecule has 0 spiro atoms. The topological polar surface area (TPSA) is 72.6 Å². The lowest BCUT2D eigenvalue weighted by Crippen LogP contribution is -2.04. The third-order valence-corrected chi connectivity index (χ3v) is 2.24. The van der Waals surface area contributed by atoms with Crippen molar-refractivity contribution in [2.24, 2.45) is 0 Å². The zero-order valence-electron chi connectivity index (χ0n) is 9.21. The van der Waals surface area contributed by atoms with Crippen molar-refractivity contribution in [3.8, 4) is 11.5 Å². The summed E-state index contributed by atoms with van der Waals surface area (Å²) in [7, 11) is 1.25. The first-order valence-corrected chi connectivity index (χ1v) is 5.00. The van der Waals surface area contributed by atoms with Crippen molar-refractivity contribution < 1.29 is 19.1 Å². The number of esters is 1. The Morgan fingerprint density at radius 3 is 2.71 bits per heavy atom. The molecule has 5 heteroatoms. The number of methoxy groups -OCH3 is 1. The predicted molar refractivity (Wildman–Crippen MR) is 59.2 cm³/mol. The Labute approximate surface area is 97.7 Å². The number of aliphatic hydroxyl groups excluding tert-OH is 1. The van der Waals surface area contributed by atoms with E-state index in [0.29, 0.717) is 0 Å². The zero-order chi connectivity index (χ0) is 12.3. The fraction of sp³-hybridized carbons (Fsp3) is 0.167. The quantitative estimate of drug-likeness (QED) is 0.815. The van der Waals surface area contributed by atoms with Crippen LogP contribution < -0.4 is 0 Å². The molecule has 0 amide bonds. The van der Waals surface area contributed by atoms with Crippen molar-refractivity contribution in [2.75, 3.05) is 7.11 Å². The average Bonchev–Trinajstić information content (AvgIpc) is 2.83. The molecule has 0 bridgehead atoms. The number of nitrogens with zero attached hydrogens (tertiary/aromatic N) is 1. The summed E-state index contributed by atoms with van der Waals surface area (Å²) in [6, 6.07) is 9.12. The SMILES string of the molecule is COC(=O)c1nc(-c2ccccc2)oc1CO. The highest BCUT2D eigenvalue weighted by atomic mass is 16.5. The van der Waals surface area contributed by atoms with Gasteiger partial charge in [0.2, 0.25) is 5.89 Å². The maximum Gasteiger partial charge on any atom is 0.360 e. The normalized spacial score (nSPS) is 10.2. The van der Waals surface area contributed by atoms with Crippen LogP contribution in [0.1, 0.15) is 16.2 Å². The van der Waals surface area contributed by atoms with E-state index < -0.39 is 12.6 Å². The van der Waals surface area contributed by atoms with Crippen molar-refractivity contribution in [1.29, 1.82) is 0 Å². The van der Waals surface area contributed by atoms with Gasteiger partial charge in [-0.25, -0.2) is 9.78 Å². The van der Waals surface area contributed by atoms with Gasteiger partial charge < -0.3 is 14.3 Å². The lowest BCUT2D eigenvalue weighted by atomic mass is 10.2. The number of rotatable bonds is 3. The van der Waals surface area contributed by atoms with Crippen LogP contribution in [0.4, 0.5) is 0 Å². The monoisotopic (exact) mass is 233 g/mol. The molecule has 2 aromatic rings. The summed E-state index contributed by atoms with van der Waals surface area (Å²) in [5.74, 6) is -0.231. The fourth-order valence-electron chi connectivity index (χ4n) is 1.42. The van der Waals surface area contributed by atoms with Crippen LogP contribution in [0.2, 0.25) is 0 Å². The summed E-state index contributed by atoms with van der Waals surface area (Å²) in [6.45, 7) is -0.399. The van der Waals surface area contributed by atoms with Gasteiger partial charge in [0.05, 0.1) is 7.11 Å². The molecular formula is C12H11NO4. The molecule has 0 saturated heterocycles. The molecule has 0 unspecified atom stereocenters. The van der Waals surface area contributed by atoms with Crippen molar-refractivity contribution >= 4 is 5.97 Å². The summed E-state index contributed by atoms with van der Waals surface area (Å²) < 4.78 is 9.87. The van der Waals surface area contributed by atoms with Crippen LogP contribution in [-0.4, -0.2) is 23.2 Å². The first-order valence-electron chi connectivity index (χ1n) is 5.00. The van der Waals surface area contributed by atoms with Gasteiger partial charge in [-0.1, -0.05) is 18.2 Å². The predicted octanol–water partition coefficient (Wildman–Crippen LogP) is 1.62. The van der Waals surface area contributed by atoms with Gasteiger partial charge in [-0.15, -0.1) is 0 Å². The van der Waals surface area contributed by atoms with Gasteiger partial charge in [0.15, 0.2) is 11.5 Å². The molecule has 1 aromatic carbocycles. The van der Waals surface area contributed by atoms with Gasteiger partial charge in [-0.2, -0.15) is 0 Å². The lowest BCUT2D eigenvalue weighted by molar-refractivity contribution is 0.0589. The van der Waals surface area contributed by atoms with Crippen LogP contribution in [0.15, 0.2) is 34.7 Å². The third kappa shape index (κ3) is 2.19. The average molecular weight is 233 g/mol. The third-order valence-electron chi connectivity index (χ3n) is 2.24. The van der Waals surface area contributed by atoms with Crippen molar-refractivity contribution in [3.05, 3.63) is 41.8 Å². The van der Waals surface area contributed by atoms with Crippen LogP contribution in [0.25, 0.3) is 11.5 Å². The van der Waals surface area contributed by atoms with Crippen molar-refractivity contribution in [1.82, 2.24) is 4.98 Å². The molecule has 0 atom stereocenters. The van der Waals surface area contributed by atoms with Gasteiger partial charge in [-0.3, -0.25) is 0 Å². The van der Waals surface area contributed by atoms with Crippen LogP contribution in [0.3, 0.4) is 0 Å². The molecular weight excluding hydrogens is 222 g/mol. The molecule has 0 saturated carbocycles. The number of carbonyl (C=O) groups excluding carboxylic acids is 1. The van der Waals surface area contributed by atoms with E-state index in [4.69, 9.17) is 9.52 Å². The highest BCUT2D eigenvalue weighted by molar-refractivity contribution is 5.88. The summed E-state index contributed by atoms with van der Waals surface area (Å²) in [6.07, 6.45) is 0. The molecule has 0 aliphatic carbocycles. The molecule has 1 aromatic heterocycles. The Hall–Kier alpha value is -2.14. The van der Waals surface area contributed by atoms with Crippen LogP contribution in [0.5, 0.6) is 0 Å². The minimum atomic E-state index is -0.625. The Morgan fingerprint density at radius 1 is 1.41 bits per heavy atom. The molecule has 2 rings (SSSR count). The lowest BCUT2D eigenvalue weighted by Gasteiger charge is -1.93. The standard InChI is InChI=1S/C12H11NO4/c1-16-12(15)10-9(7-14)17-11(13-10)8-5-3-2-4-6-8/h2-6,14H,7H2,1H3. The van der Waals surface area contributed by atoms with E-state index in [1.54, 1.807) is 12.1 Å². The molecule has 1 N–H and O–H groups in total. The number of benzene rings is 1. The summed E-state index contributed by atoms with van der Waals surface area (Å²) in [5.41, 5.74) is 0.742. The molecule has 1 heterocycles. The largest absolute Gasteiger partial charge is 0.464 e. The maximum atomic E-state index is 11.4. The highest BCUT2D eigenvalue weighted by Crippen LogP contribution is 2.22. The van der Waals surface area contributed by atoms with Crippen molar-refractivity contribution in [3.63, 3.8) is 0 Å². The molecule has 88 valence electrons. The fourth-order valence-corrected chi connectivity index (χ4v) is 1.42.